The summed E-state index contributed by atoms with van der Waals surface area (Å²) in [5, 5.41) is 3.41. The summed E-state index contributed by atoms with van der Waals surface area (Å²) < 4.78 is 5.49. The SMILES string of the molecule is CN(C)C(=O)CCOc1ccc(CNC2CC2)nc1. The van der Waals surface area contributed by atoms with Crippen LogP contribution in [-0.4, -0.2) is 42.5 Å². The number of nitrogens with one attached hydrogen (secondary N) is 1. The monoisotopic (exact) mass is 263 g/mol. The van der Waals surface area contributed by atoms with E-state index in [0.29, 0.717) is 24.8 Å². The van der Waals surface area contributed by atoms with Gasteiger partial charge in [0.2, 0.25) is 5.91 Å². The molecule has 0 unspecified atom stereocenters. The largest absolute Gasteiger partial charge is 0.491 e. The van der Waals surface area contributed by atoms with E-state index < -0.39 is 0 Å². The summed E-state index contributed by atoms with van der Waals surface area (Å²) in [6.45, 7) is 1.20. The summed E-state index contributed by atoms with van der Waals surface area (Å²) in [7, 11) is 3.48. The molecule has 5 nitrogen and oxygen atoms in total. The van der Waals surface area contributed by atoms with Crippen LogP contribution in [0.25, 0.3) is 0 Å². The van der Waals surface area contributed by atoms with Gasteiger partial charge in [0.25, 0.3) is 0 Å². The van der Waals surface area contributed by atoms with Gasteiger partial charge >= 0.3 is 0 Å². The van der Waals surface area contributed by atoms with Gasteiger partial charge in [0.15, 0.2) is 0 Å². The third-order valence-electron chi connectivity index (χ3n) is 3.03. The van der Waals surface area contributed by atoms with Crippen molar-refractivity contribution < 1.29 is 9.53 Å². The van der Waals surface area contributed by atoms with E-state index in [1.165, 1.54) is 12.8 Å². The average molecular weight is 263 g/mol. The smallest absolute Gasteiger partial charge is 0.225 e. The van der Waals surface area contributed by atoms with E-state index in [2.05, 4.69) is 10.3 Å². The fraction of sp³-hybridized carbons (Fsp3) is 0.571. The lowest BCUT2D eigenvalue weighted by atomic mass is 10.3. The van der Waals surface area contributed by atoms with Gasteiger partial charge in [0.1, 0.15) is 5.75 Å². The maximum absolute atomic E-state index is 11.4. The predicted octanol–water partition coefficient (Wildman–Crippen LogP) is 1.19. The van der Waals surface area contributed by atoms with Crippen molar-refractivity contribution in [3.05, 3.63) is 24.0 Å². The molecule has 0 spiro atoms. The molecule has 1 saturated carbocycles. The van der Waals surface area contributed by atoms with Crippen molar-refractivity contribution in [2.75, 3.05) is 20.7 Å². The Hall–Kier alpha value is -1.62. The minimum absolute atomic E-state index is 0.0678. The molecule has 1 heterocycles. The van der Waals surface area contributed by atoms with E-state index >= 15 is 0 Å². The Labute approximate surface area is 114 Å². The molecular formula is C14H21N3O2. The molecule has 1 N–H and O–H groups in total. The second kappa shape index (κ2) is 6.52. The Kier molecular flexibility index (Phi) is 4.74. The van der Waals surface area contributed by atoms with E-state index in [1.807, 2.05) is 12.1 Å². The van der Waals surface area contributed by atoms with Crippen molar-refractivity contribution in [3.63, 3.8) is 0 Å². The summed E-state index contributed by atoms with van der Waals surface area (Å²) in [6, 6.07) is 4.55. The summed E-state index contributed by atoms with van der Waals surface area (Å²) in [5.74, 6) is 0.778. The van der Waals surface area contributed by atoms with Crippen LogP contribution in [0, 0.1) is 0 Å². The van der Waals surface area contributed by atoms with Crippen molar-refractivity contribution in [2.45, 2.75) is 31.8 Å². The number of nitrogens with zero attached hydrogens (tertiary/aromatic N) is 2. The van der Waals surface area contributed by atoms with E-state index in [-0.39, 0.29) is 5.91 Å². The van der Waals surface area contributed by atoms with Crippen molar-refractivity contribution in [2.24, 2.45) is 0 Å². The molecule has 1 amide bonds. The highest BCUT2D eigenvalue weighted by Gasteiger charge is 2.20. The molecule has 2 rings (SSSR count). The number of rotatable bonds is 7. The fourth-order valence-electron chi connectivity index (χ4n) is 1.62. The van der Waals surface area contributed by atoms with Crippen molar-refractivity contribution >= 4 is 5.91 Å². The zero-order valence-corrected chi connectivity index (χ0v) is 11.6. The number of carbonyl (C=O) groups is 1. The van der Waals surface area contributed by atoms with Gasteiger partial charge in [-0.3, -0.25) is 9.78 Å². The lowest BCUT2D eigenvalue weighted by molar-refractivity contribution is -0.129. The molecule has 1 aliphatic rings. The Morgan fingerprint density at radius 1 is 1.47 bits per heavy atom. The maximum Gasteiger partial charge on any atom is 0.225 e. The third kappa shape index (κ3) is 4.87. The molecule has 1 fully saturated rings. The van der Waals surface area contributed by atoms with Gasteiger partial charge in [-0.15, -0.1) is 0 Å². The summed E-state index contributed by atoms with van der Waals surface area (Å²) in [6.07, 6.45) is 4.66. The normalized spacial score (nSPS) is 14.2. The van der Waals surface area contributed by atoms with Gasteiger partial charge in [0.05, 0.1) is 24.9 Å². The van der Waals surface area contributed by atoms with Gasteiger partial charge in [-0.2, -0.15) is 0 Å². The van der Waals surface area contributed by atoms with Crippen LogP contribution in [0.3, 0.4) is 0 Å². The average Bonchev–Trinajstić information content (AvgIpc) is 3.21. The molecule has 0 bridgehead atoms. The highest BCUT2D eigenvalue weighted by Crippen LogP contribution is 2.19. The van der Waals surface area contributed by atoms with Crippen LogP contribution in [0.15, 0.2) is 18.3 Å². The zero-order valence-electron chi connectivity index (χ0n) is 11.6. The quantitative estimate of drug-likeness (QED) is 0.803. The van der Waals surface area contributed by atoms with Gasteiger partial charge in [0, 0.05) is 26.7 Å². The number of hydrogen-bond donors (Lipinski definition) is 1. The van der Waals surface area contributed by atoms with Crippen LogP contribution in [0.4, 0.5) is 0 Å². The standard InChI is InChI=1S/C14H21N3O2/c1-17(2)14(18)7-8-19-13-6-5-12(16-10-13)9-15-11-3-4-11/h5-6,10-11,15H,3-4,7-9H2,1-2H3. The van der Waals surface area contributed by atoms with Crippen molar-refractivity contribution in [1.29, 1.82) is 0 Å². The third-order valence-corrected chi connectivity index (χ3v) is 3.03. The summed E-state index contributed by atoms with van der Waals surface area (Å²) in [5.41, 5.74) is 1.02. The molecule has 1 aromatic rings. The molecular weight excluding hydrogens is 242 g/mol. The Morgan fingerprint density at radius 2 is 2.26 bits per heavy atom. The first kappa shape index (κ1) is 13.8. The van der Waals surface area contributed by atoms with Crippen molar-refractivity contribution in [1.82, 2.24) is 15.2 Å². The molecule has 19 heavy (non-hydrogen) atoms. The van der Waals surface area contributed by atoms with Crippen LogP contribution in [0.1, 0.15) is 25.0 Å². The van der Waals surface area contributed by atoms with Crippen molar-refractivity contribution in [3.8, 4) is 5.75 Å². The minimum Gasteiger partial charge on any atom is -0.491 e. The summed E-state index contributed by atoms with van der Waals surface area (Å²) in [4.78, 5) is 17.3. The number of aromatic nitrogens is 1. The van der Waals surface area contributed by atoms with Gasteiger partial charge in [-0.1, -0.05) is 0 Å². The van der Waals surface area contributed by atoms with Crippen LogP contribution in [-0.2, 0) is 11.3 Å². The molecule has 0 saturated heterocycles. The van der Waals surface area contributed by atoms with E-state index in [1.54, 1.807) is 25.2 Å². The van der Waals surface area contributed by atoms with Crippen LogP contribution < -0.4 is 10.1 Å². The molecule has 1 aromatic heterocycles. The van der Waals surface area contributed by atoms with Crippen LogP contribution in [0.5, 0.6) is 5.75 Å². The molecule has 0 radical (unpaired) electrons. The predicted molar refractivity (Wildman–Crippen MR) is 72.9 cm³/mol. The molecule has 0 aromatic carbocycles. The van der Waals surface area contributed by atoms with E-state index in [9.17, 15) is 4.79 Å². The highest BCUT2D eigenvalue weighted by atomic mass is 16.5. The number of pyridine rings is 1. The van der Waals surface area contributed by atoms with E-state index in [0.717, 1.165) is 12.2 Å². The maximum atomic E-state index is 11.4. The first-order chi connectivity index (χ1) is 9.15. The lowest BCUT2D eigenvalue weighted by Crippen LogP contribution is -2.23. The minimum atomic E-state index is 0.0678. The van der Waals surface area contributed by atoms with Crippen LogP contribution >= 0.6 is 0 Å². The highest BCUT2D eigenvalue weighted by molar-refractivity contribution is 5.75. The zero-order chi connectivity index (χ0) is 13.7. The van der Waals surface area contributed by atoms with E-state index in [4.69, 9.17) is 4.74 Å². The topological polar surface area (TPSA) is 54.5 Å². The van der Waals surface area contributed by atoms with Crippen LogP contribution in [0.2, 0.25) is 0 Å². The van der Waals surface area contributed by atoms with Gasteiger partial charge in [-0.25, -0.2) is 0 Å². The molecule has 0 atom stereocenters. The second-order valence-corrected chi connectivity index (χ2v) is 5.03. The summed E-state index contributed by atoms with van der Waals surface area (Å²) >= 11 is 0. The number of hydrogen-bond acceptors (Lipinski definition) is 4. The Morgan fingerprint density at radius 3 is 2.84 bits per heavy atom. The van der Waals surface area contributed by atoms with Gasteiger partial charge in [-0.05, 0) is 25.0 Å². The molecule has 0 aliphatic heterocycles. The molecule has 104 valence electrons. The first-order valence-corrected chi connectivity index (χ1v) is 6.66. The molecule has 5 heteroatoms. The lowest BCUT2D eigenvalue weighted by Gasteiger charge is -2.11. The molecule has 1 aliphatic carbocycles. The fourth-order valence-corrected chi connectivity index (χ4v) is 1.62. The number of amides is 1. The number of carbonyl (C=O) groups excluding carboxylic acids is 1. The Balaban J connectivity index is 1.70. The second-order valence-electron chi connectivity index (χ2n) is 5.03. The van der Waals surface area contributed by atoms with Gasteiger partial charge < -0.3 is 15.0 Å². The Bertz CT molecular complexity index is 413. The first-order valence-electron chi connectivity index (χ1n) is 6.66. The number of ether oxygens (including phenoxy) is 1.